The molecular formula is C20H18F3NO5. The van der Waals surface area contributed by atoms with Crippen molar-refractivity contribution in [1.29, 1.82) is 0 Å². The molecule has 0 heterocycles. The highest BCUT2D eigenvalue weighted by atomic mass is 19.4. The van der Waals surface area contributed by atoms with Crippen molar-refractivity contribution in [2.24, 2.45) is 0 Å². The van der Waals surface area contributed by atoms with Gasteiger partial charge in [0, 0.05) is 5.69 Å². The average molecular weight is 409 g/mol. The second-order valence-electron chi connectivity index (χ2n) is 5.92. The van der Waals surface area contributed by atoms with Gasteiger partial charge in [-0.25, -0.2) is 9.59 Å². The highest BCUT2D eigenvalue weighted by Crippen LogP contribution is 2.29. The average Bonchev–Trinajstić information content (AvgIpc) is 2.70. The Labute approximate surface area is 164 Å². The van der Waals surface area contributed by atoms with Gasteiger partial charge in [-0.05, 0) is 48.9 Å². The topological polar surface area (TPSA) is 81.7 Å². The first-order valence-electron chi connectivity index (χ1n) is 8.62. The van der Waals surface area contributed by atoms with Gasteiger partial charge in [0.1, 0.15) is 0 Å². The number of nitrogens with one attached hydrogen (secondary N) is 1. The molecule has 0 aliphatic heterocycles. The molecule has 0 aromatic heterocycles. The zero-order chi connectivity index (χ0) is 21.4. The lowest BCUT2D eigenvalue weighted by Gasteiger charge is -2.09. The highest BCUT2D eigenvalue weighted by molar-refractivity contribution is 5.96. The molecule has 0 aliphatic rings. The molecule has 0 spiro atoms. The Morgan fingerprint density at radius 1 is 0.931 bits per heavy atom. The van der Waals surface area contributed by atoms with Gasteiger partial charge in [-0.15, -0.1) is 0 Å². The summed E-state index contributed by atoms with van der Waals surface area (Å²) in [5, 5.41) is 2.45. The van der Waals surface area contributed by atoms with E-state index in [1.807, 2.05) is 6.92 Å². The number of rotatable bonds is 7. The van der Waals surface area contributed by atoms with E-state index < -0.39 is 36.2 Å². The Balaban J connectivity index is 1.88. The van der Waals surface area contributed by atoms with Gasteiger partial charge in [0.05, 0.1) is 23.3 Å². The summed E-state index contributed by atoms with van der Waals surface area (Å²) in [7, 11) is 0. The van der Waals surface area contributed by atoms with Crippen molar-refractivity contribution < 1.29 is 37.0 Å². The standard InChI is InChI=1S/C20H18F3NO5/c1-2-10-28-18(26)13-6-8-16(9-7-13)24-17(25)12-29-19(27)14-4-3-5-15(11-14)20(21,22)23/h3-9,11H,2,10,12H2,1H3,(H,24,25). The molecular weight excluding hydrogens is 391 g/mol. The minimum atomic E-state index is -4.59. The summed E-state index contributed by atoms with van der Waals surface area (Å²) >= 11 is 0. The van der Waals surface area contributed by atoms with Crippen molar-refractivity contribution in [1.82, 2.24) is 0 Å². The summed E-state index contributed by atoms with van der Waals surface area (Å²) in [6.45, 7) is 1.48. The maximum absolute atomic E-state index is 12.7. The highest BCUT2D eigenvalue weighted by Gasteiger charge is 2.31. The van der Waals surface area contributed by atoms with Crippen LogP contribution in [-0.2, 0) is 20.4 Å². The van der Waals surface area contributed by atoms with Crippen molar-refractivity contribution >= 4 is 23.5 Å². The number of ether oxygens (including phenoxy) is 2. The lowest BCUT2D eigenvalue weighted by atomic mass is 10.1. The normalized spacial score (nSPS) is 10.9. The second kappa shape index (κ2) is 9.72. The molecule has 0 radical (unpaired) electrons. The lowest BCUT2D eigenvalue weighted by molar-refractivity contribution is -0.137. The molecule has 29 heavy (non-hydrogen) atoms. The zero-order valence-electron chi connectivity index (χ0n) is 15.4. The first-order valence-corrected chi connectivity index (χ1v) is 8.62. The van der Waals surface area contributed by atoms with Gasteiger partial charge >= 0.3 is 18.1 Å². The van der Waals surface area contributed by atoms with Gasteiger partial charge in [0.15, 0.2) is 6.61 Å². The molecule has 2 aromatic rings. The number of amides is 1. The van der Waals surface area contributed by atoms with E-state index in [1.54, 1.807) is 0 Å². The van der Waals surface area contributed by atoms with E-state index >= 15 is 0 Å². The first-order chi connectivity index (χ1) is 13.7. The molecule has 0 unspecified atom stereocenters. The fourth-order valence-corrected chi connectivity index (χ4v) is 2.20. The molecule has 9 heteroatoms. The number of benzene rings is 2. The van der Waals surface area contributed by atoms with Crippen LogP contribution in [0.3, 0.4) is 0 Å². The summed E-state index contributed by atoms with van der Waals surface area (Å²) in [6.07, 6.45) is -3.90. The van der Waals surface area contributed by atoms with Crippen molar-refractivity contribution in [3.8, 4) is 0 Å². The monoisotopic (exact) mass is 409 g/mol. The lowest BCUT2D eigenvalue weighted by Crippen LogP contribution is -2.21. The Morgan fingerprint density at radius 3 is 2.21 bits per heavy atom. The number of halogens is 3. The molecule has 0 bridgehead atoms. The summed E-state index contributed by atoms with van der Waals surface area (Å²) in [4.78, 5) is 35.4. The van der Waals surface area contributed by atoms with Crippen LogP contribution >= 0.6 is 0 Å². The molecule has 6 nitrogen and oxygen atoms in total. The summed E-state index contributed by atoms with van der Waals surface area (Å²) in [5.41, 5.74) is -0.652. The summed E-state index contributed by atoms with van der Waals surface area (Å²) < 4.78 is 47.8. The van der Waals surface area contributed by atoms with Gasteiger partial charge in [-0.1, -0.05) is 13.0 Å². The number of anilines is 1. The smallest absolute Gasteiger partial charge is 0.416 e. The van der Waals surface area contributed by atoms with Crippen molar-refractivity contribution in [2.75, 3.05) is 18.5 Å². The fraction of sp³-hybridized carbons (Fsp3) is 0.250. The number of alkyl halides is 3. The number of hydrogen-bond donors (Lipinski definition) is 1. The van der Waals surface area contributed by atoms with E-state index in [4.69, 9.17) is 9.47 Å². The third-order valence-corrected chi connectivity index (χ3v) is 3.60. The van der Waals surface area contributed by atoms with E-state index in [0.29, 0.717) is 30.3 Å². The molecule has 1 N–H and O–H groups in total. The number of carbonyl (C=O) groups excluding carboxylic acids is 3. The van der Waals surface area contributed by atoms with Crippen LogP contribution in [0.2, 0.25) is 0 Å². The fourth-order valence-electron chi connectivity index (χ4n) is 2.20. The van der Waals surface area contributed by atoms with Gasteiger partial charge < -0.3 is 14.8 Å². The van der Waals surface area contributed by atoms with E-state index in [2.05, 4.69) is 5.32 Å². The van der Waals surface area contributed by atoms with Crippen LogP contribution in [0.1, 0.15) is 39.6 Å². The molecule has 2 rings (SSSR count). The van der Waals surface area contributed by atoms with E-state index in [9.17, 15) is 27.6 Å². The van der Waals surface area contributed by atoms with Crippen LogP contribution in [0.4, 0.5) is 18.9 Å². The molecule has 0 atom stereocenters. The SMILES string of the molecule is CCCOC(=O)c1ccc(NC(=O)COC(=O)c2cccc(C(F)(F)F)c2)cc1. The van der Waals surface area contributed by atoms with Crippen LogP contribution in [0.5, 0.6) is 0 Å². The summed E-state index contributed by atoms with van der Waals surface area (Å²) in [5.74, 6) is -2.23. The van der Waals surface area contributed by atoms with Gasteiger partial charge in [-0.2, -0.15) is 13.2 Å². The third-order valence-electron chi connectivity index (χ3n) is 3.60. The Morgan fingerprint density at radius 2 is 1.59 bits per heavy atom. The van der Waals surface area contributed by atoms with Crippen LogP contribution in [-0.4, -0.2) is 31.1 Å². The number of hydrogen-bond acceptors (Lipinski definition) is 5. The molecule has 0 saturated carbocycles. The van der Waals surface area contributed by atoms with Crippen LogP contribution < -0.4 is 5.32 Å². The van der Waals surface area contributed by atoms with Crippen LogP contribution in [0.25, 0.3) is 0 Å². The van der Waals surface area contributed by atoms with Gasteiger partial charge in [-0.3, -0.25) is 4.79 Å². The molecule has 2 aromatic carbocycles. The Bertz CT molecular complexity index is 878. The van der Waals surface area contributed by atoms with Crippen molar-refractivity contribution in [3.05, 3.63) is 65.2 Å². The number of esters is 2. The first kappa shape index (κ1) is 21.9. The molecule has 1 amide bonds. The molecule has 0 saturated heterocycles. The van der Waals surface area contributed by atoms with E-state index in [1.165, 1.54) is 24.3 Å². The maximum Gasteiger partial charge on any atom is 0.416 e. The maximum atomic E-state index is 12.7. The van der Waals surface area contributed by atoms with Crippen molar-refractivity contribution in [2.45, 2.75) is 19.5 Å². The molecule has 0 fully saturated rings. The van der Waals surface area contributed by atoms with Gasteiger partial charge in [0.25, 0.3) is 5.91 Å². The quantitative estimate of drug-likeness (QED) is 0.698. The second-order valence-corrected chi connectivity index (χ2v) is 5.92. The largest absolute Gasteiger partial charge is 0.462 e. The molecule has 0 aliphatic carbocycles. The van der Waals surface area contributed by atoms with E-state index in [0.717, 1.165) is 18.2 Å². The Hall–Kier alpha value is -3.36. The van der Waals surface area contributed by atoms with Crippen LogP contribution in [0.15, 0.2) is 48.5 Å². The zero-order valence-corrected chi connectivity index (χ0v) is 15.4. The Kier molecular flexibility index (Phi) is 7.35. The van der Waals surface area contributed by atoms with E-state index in [-0.39, 0.29) is 5.56 Å². The minimum Gasteiger partial charge on any atom is -0.462 e. The van der Waals surface area contributed by atoms with Crippen molar-refractivity contribution in [3.63, 3.8) is 0 Å². The predicted molar refractivity (Wildman–Crippen MR) is 97.4 cm³/mol. The van der Waals surface area contributed by atoms with Gasteiger partial charge in [0.2, 0.25) is 0 Å². The number of carbonyl (C=O) groups is 3. The predicted octanol–water partition coefficient (Wildman–Crippen LogP) is 4.07. The molecule has 154 valence electrons. The third kappa shape index (κ3) is 6.63. The summed E-state index contributed by atoms with van der Waals surface area (Å²) in [6, 6.07) is 9.56. The van der Waals surface area contributed by atoms with Crippen LogP contribution in [0, 0.1) is 0 Å². The minimum absolute atomic E-state index is 0.300.